The summed E-state index contributed by atoms with van der Waals surface area (Å²) in [6.45, 7) is 0.524. The van der Waals surface area contributed by atoms with Crippen LogP contribution in [0.15, 0.2) is 12.1 Å². The van der Waals surface area contributed by atoms with Gasteiger partial charge in [-0.05, 0) is 43.7 Å². The van der Waals surface area contributed by atoms with E-state index >= 15 is 0 Å². The monoisotopic (exact) mass is 473 g/mol. The zero-order chi connectivity index (χ0) is 21.0. The van der Waals surface area contributed by atoms with E-state index in [0.29, 0.717) is 0 Å². The van der Waals surface area contributed by atoms with Crippen LogP contribution in [0.4, 0.5) is 5.69 Å². The lowest BCUT2D eigenvalue weighted by Gasteiger charge is -2.32. The molecule has 31 heavy (non-hydrogen) atoms. The number of nitrogens with two attached hydrogens (primary N) is 1. The van der Waals surface area contributed by atoms with Crippen LogP contribution in [0.5, 0.6) is 5.75 Å². The number of hydrogen-bond donors (Lipinski definition) is 5. The zero-order valence-electron chi connectivity index (χ0n) is 17.8. The number of phenolic OH excluding ortho intramolecular Hbond substituents is 1. The fourth-order valence-electron chi connectivity index (χ4n) is 4.60. The molecule has 1 saturated carbocycles. The molecule has 174 valence electrons. The first-order valence-electron chi connectivity index (χ1n) is 10.4. The number of carbonyl (C=O) groups excluding carboxylic acids is 2. The van der Waals surface area contributed by atoms with Gasteiger partial charge < -0.3 is 26.4 Å². The molecule has 1 saturated heterocycles. The van der Waals surface area contributed by atoms with Crippen molar-refractivity contribution < 1.29 is 14.7 Å². The highest BCUT2D eigenvalue weighted by Crippen LogP contribution is 2.45. The van der Waals surface area contributed by atoms with E-state index in [1.807, 2.05) is 6.07 Å². The lowest BCUT2D eigenvalue weighted by atomic mass is 9.81. The Morgan fingerprint density at radius 2 is 1.84 bits per heavy atom. The third-order valence-electron chi connectivity index (χ3n) is 6.04. The Bertz CT molecular complexity index is 799. The van der Waals surface area contributed by atoms with E-state index in [9.17, 15) is 14.7 Å². The highest BCUT2D eigenvalue weighted by molar-refractivity contribution is 6.08. The van der Waals surface area contributed by atoms with E-state index in [0.717, 1.165) is 56.3 Å². The largest absolute Gasteiger partial charge is 0.507 e. The van der Waals surface area contributed by atoms with Gasteiger partial charge >= 0.3 is 0 Å². The SMILES string of the molecule is CNC(=O)[C@@H]1CCCN1c1ccc(C(=N)NC(=O)CN)c(O)c1C1CCCCC1.Cl.Cl. The molecule has 0 spiro atoms. The summed E-state index contributed by atoms with van der Waals surface area (Å²) in [6, 6.07) is 3.27. The number of amidine groups is 1. The van der Waals surface area contributed by atoms with Gasteiger partial charge in [0.15, 0.2) is 0 Å². The summed E-state index contributed by atoms with van der Waals surface area (Å²) in [6.07, 6.45) is 6.97. The molecule has 2 aliphatic rings. The van der Waals surface area contributed by atoms with E-state index < -0.39 is 5.91 Å². The number of nitrogens with one attached hydrogen (secondary N) is 3. The van der Waals surface area contributed by atoms with Gasteiger partial charge in [0, 0.05) is 24.8 Å². The smallest absolute Gasteiger partial charge is 0.242 e. The van der Waals surface area contributed by atoms with Crippen LogP contribution in [0, 0.1) is 5.41 Å². The van der Waals surface area contributed by atoms with Crippen molar-refractivity contribution in [3.8, 4) is 5.75 Å². The van der Waals surface area contributed by atoms with Crippen LogP contribution in [-0.2, 0) is 9.59 Å². The third-order valence-corrected chi connectivity index (χ3v) is 6.04. The van der Waals surface area contributed by atoms with Crippen molar-refractivity contribution in [3.05, 3.63) is 23.3 Å². The fraction of sp³-hybridized carbons (Fsp3) is 0.571. The quantitative estimate of drug-likeness (QED) is 0.330. The van der Waals surface area contributed by atoms with E-state index in [-0.39, 0.29) is 66.4 Å². The van der Waals surface area contributed by atoms with Gasteiger partial charge in [0.05, 0.1) is 12.1 Å². The van der Waals surface area contributed by atoms with E-state index in [1.165, 1.54) is 6.42 Å². The third kappa shape index (κ3) is 5.81. The molecule has 0 radical (unpaired) electrons. The summed E-state index contributed by atoms with van der Waals surface area (Å²) < 4.78 is 0. The Kier molecular flexibility index (Phi) is 10.6. The molecular weight excluding hydrogens is 441 g/mol. The molecule has 1 heterocycles. The molecule has 0 aromatic heterocycles. The maximum atomic E-state index is 12.4. The topological polar surface area (TPSA) is 132 Å². The number of anilines is 1. The van der Waals surface area contributed by atoms with Gasteiger partial charge in [-0.15, -0.1) is 24.8 Å². The fourth-order valence-corrected chi connectivity index (χ4v) is 4.60. The molecule has 1 atom stereocenters. The lowest BCUT2D eigenvalue weighted by molar-refractivity contribution is -0.121. The molecule has 8 nitrogen and oxygen atoms in total. The number of halogens is 2. The second kappa shape index (κ2) is 12.1. The molecule has 1 aromatic rings. The first-order chi connectivity index (χ1) is 14.0. The van der Waals surface area contributed by atoms with E-state index in [1.54, 1.807) is 13.1 Å². The summed E-state index contributed by atoms with van der Waals surface area (Å²) >= 11 is 0. The number of aromatic hydroxyl groups is 1. The minimum atomic E-state index is -0.475. The van der Waals surface area contributed by atoms with Crippen LogP contribution in [0.2, 0.25) is 0 Å². The Morgan fingerprint density at radius 3 is 2.45 bits per heavy atom. The minimum Gasteiger partial charge on any atom is -0.507 e. The van der Waals surface area contributed by atoms with Gasteiger partial charge in [-0.2, -0.15) is 0 Å². The van der Waals surface area contributed by atoms with Crippen molar-refractivity contribution in [2.45, 2.75) is 56.9 Å². The highest BCUT2D eigenvalue weighted by atomic mass is 35.5. The van der Waals surface area contributed by atoms with Crippen LogP contribution in [0.3, 0.4) is 0 Å². The zero-order valence-corrected chi connectivity index (χ0v) is 19.4. The van der Waals surface area contributed by atoms with Crippen molar-refractivity contribution in [1.29, 1.82) is 5.41 Å². The Labute approximate surface area is 195 Å². The van der Waals surface area contributed by atoms with Crippen LogP contribution in [0.25, 0.3) is 0 Å². The molecule has 2 amide bonds. The highest BCUT2D eigenvalue weighted by Gasteiger charge is 2.34. The van der Waals surface area contributed by atoms with Gasteiger partial charge in [-0.25, -0.2) is 0 Å². The minimum absolute atomic E-state index is 0. The molecule has 1 aliphatic heterocycles. The number of nitrogens with zero attached hydrogens (tertiary/aromatic N) is 1. The van der Waals surface area contributed by atoms with Crippen molar-refractivity contribution in [1.82, 2.24) is 10.6 Å². The lowest BCUT2D eigenvalue weighted by Crippen LogP contribution is -2.42. The number of amides is 2. The Hall–Kier alpha value is -2.03. The van der Waals surface area contributed by atoms with Crippen molar-refractivity contribution >= 4 is 48.2 Å². The number of carbonyl (C=O) groups is 2. The molecular formula is C21H33Cl2N5O3. The second-order valence-corrected chi connectivity index (χ2v) is 7.82. The molecule has 2 fully saturated rings. The number of rotatable bonds is 5. The summed E-state index contributed by atoms with van der Waals surface area (Å²) in [5.74, 6) is -0.465. The second-order valence-electron chi connectivity index (χ2n) is 7.82. The number of hydrogen-bond acceptors (Lipinski definition) is 6. The maximum Gasteiger partial charge on any atom is 0.242 e. The number of phenols is 1. The predicted octanol–water partition coefficient (Wildman–Crippen LogP) is 2.40. The molecule has 1 aliphatic carbocycles. The van der Waals surface area contributed by atoms with Crippen LogP contribution in [-0.4, -0.2) is 48.9 Å². The summed E-state index contributed by atoms with van der Waals surface area (Å²) in [4.78, 5) is 26.1. The van der Waals surface area contributed by atoms with Gasteiger partial charge in [0.1, 0.15) is 17.6 Å². The molecule has 0 bridgehead atoms. The Balaban J connectivity index is 0.00000240. The van der Waals surface area contributed by atoms with Crippen molar-refractivity contribution in [2.75, 3.05) is 25.0 Å². The first-order valence-corrected chi connectivity index (χ1v) is 10.4. The van der Waals surface area contributed by atoms with Crippen molar-refractivity contribution in [2.24, 2.45) is 5.73 Å². The average Bonchev–Trinajstić information content (AvgIpc) is 3.23. The summed E-state index contributed by atoms with van der Waals surface area (Å²) in [7, 11) is 1.64. The first kappa shape index (κ1) is 27.0. The van der Waals surface area contributed by atoms with Gasteiger partial charge in [-0.1, -0.05) is 19.3 Å². The van der Waals surface area contributed by atoms with Gasteiger partial charge in [0.2, 0.25) is 11.8 Å². The standard InChI is InChI=1S/C21H31N5O3.2ClH/c1-24-21(29)16-8-5-11-26(16)15-10-9-14(20(23)25-17(27)12-22)19(28)18(15)13-6-3-2-4-7-13;;/h9-10,13,16,28H,2-8,11-12,22H2,1H3,(H,24,29)(H2,23,25,27);2*1H/t16-;;/m0../s1. The van der Waals surface area contributed by atoms with Crippen molar-refractivity contribution in [3.63, 3.8) is 0 Å². The van der Waals surface area contributed by atoms with Crippen LogP contribution in [0.1, 0.15) is 62.0 Å². The Morgan fingerprint density at radius 1 is 1.16 bits per heavy atom. The van der Waals surface area contributed by atoms with Gasteiger partial charge in [-0.3, -0.25) is 15.0 Å². The average molecular weight is 474 g/mol. The molecule has 1 aromatic carbocycles. The number of likely N-dealkylation sites (N-methyl/N-ethyl adjacent to an activating group) is 1. The molecule has 10 heteroatoms. The molecule has 6 N–H and O–H groups in total. The van der Waals surface area contributed by atoms with Crippen LogP contribution < -0.4 is 21.3 Å². The van der Waals surface area contributed by atoms with E-state index in [4.69, 9.17) is 11.1 Å². The normalized spacial score (nSPS) is 18.5. The van der Waals surface area contributed by atoms with E-state index in [2.05, 4.69) is 15.5 Å². The molecule has 3 rings (SSSR count). The van der Waals surface area contributed by atoms with Gasteiger partial charge in [0.25, 0.3) is 0 Å². The summed E-state index contributed by atoms with van der Waals surface area (Å²) in [5, 5.41) is 24.5. The number of benzene rings is 1. The predicted molar refractivity (Wildman–Crippen MR) is 127 cm³/mol. The maximum absolute atomic E-state index is 12.4. The summed E-state index contributed by atoms with van der Waals surface area (Å²) in [5.41, 5.74) is 7.27. The van der Waals surface area contributed by atoms with Crippen LogP contribution >= 0.6 is 24.8 Å². The molecule has 0 unspecified atom stereocenters.